The molecule has 0 spiro atoms. The van der Waals surface area contributed by atoms with Gasteiger partial charge < -0.3 is 36.3 Å². The summed E-state index contributed by atoms with van der Waals surface area (Å²) < 4.78 is 11.9. The third kappa shape index (κ3) is 3.24. The molecule has 0 aromatic rings. The number of rotatable bonds is 5. The molecule has 0 saturated heterocycles. The minimum atomic E-state index is -1.98. The summed E-state index contributed by atoms with van der Waals surface area (Å²) in [6.07, 6.45) is 1.97. The lowest BCUT2D eigenvalue weighted by molar-refractivity contribution is -0.229. The highest BCUT2D eigenvalue weighted by Gasteiger charge is 2.88. The molecule has 4 rings (SSSR count). The summed E-state index contributed by atoms with van der Waals surface area (Å²) in [6.45, 7) is 9.46. The number of aliphatic hydroxyl groups is 3. The molecule has 0 aromatic carbocycles. The molecule has 0 aromatic heterocycles. The number of esters is 2. The van der Waals surface area contributed by atoms with Crippen molar-refractivity contribution in [1.29, 1.82) is 0 Å². The molecule has 4 aliphatic rings. The maximum atomic E-state index is 13.1. The molecule has 10 atom stereocenters. The smallest absolute Gasteiger partial charge is 0.323 e. The summed E-state index contributed by atoms with van der Waals surface area (Å²) in [5.74, 6) is -5.23. The number of aliphatic hydroxyl groups excluding tert-OH is 1. The molecule has 0 bridgehead atoms. The summed E-state index contributed by atoms with van der Waals surface area (Å²) in [5, 5.41) is 34.4. The molecule has 7 N–H and O–H groups in total. The predicted octanol–water partition coefficient (Wildman–Crippen LogP) is -0.274. The van der Waals surface area contributed by atoms with Crippen molar-refractivity contribution in [3.05, 3.63) is 23.3 Å². The molecule has 200 valence electrons. The highest BCUT2D eigenvalue weighted by Crippen LogP contribution is 2.77. The van der Waals surface area contributed by atoms with Crippen LogP contribution in [0.2, 0.25) is 0 Å². The highest BCUT2D eigenvalue weighted by molar-refractivity contribution is 6.04. The Morgan fingerprint density at radius 2 is 1.72 bits per heavy atom. The van der Waals surface area contributed by atoms with Crippen LogP contribution < -0.4 is 11.5 Å². The second-order valence-electron chi connectivity index (χ2n) is 11.8. The molecule has 0 unspecified atom stereocenters. The van der Waals surface area contributed by atoms with E-state index in [0.717, 1.165) is 0 Å². The number of hydrogen-bond donors (Lipinski definition) is 5. The third-order valence-electron chi connectivity index (χ3n) is 9.21. The van der Waals surface area contributed by atoms with E-state index in [-0.39, 0.29) is 6.42 Å². The van der Waals surface area contributed by atoms with Gasteiger partial charge in [0.1, 0.15) is 23.8 Å². The number of carbonyl (C=O) groups is 3. The minimum absolute atomic E-state index is 0.156. The summed E-state index contributed by atoms with van der Waals surface area (Å²) in [5.41, 5.74) is 6.40. The quantitative estimate of drug-likeness (QED) is 0.246. The monoisotopic (exact) mass is 506 g/mol. The Morgan fingerprint density at radius 3 is 2.25 bits per heavy atom. The fourth-order valence-electron chi connectivity index (χ4n) is 7.32. The zero-order chi connectivity index (χ0) is 27.2. The minimum Gasteiger partial charge on any atom is -0.457 e. The SMILES string of the molecule is CC1=C[C@H]2[C@@]3(O)[C@H](C)[C@@H](OC(=O)[C@H](C)N)[C@]4(OC(=O)[C@H](C)N)[C@@H]([C@@H]3C=C(CO)C[C@]2(O)C1=O)C4(C)C. The Kier molecular flexibility index (Phi) is 6.13. The fraction of sp³-hybridized carbons (Fsp3) is 0.731. The van der Waals surface area contributed by atoms with Crippen molar-refractivity contribution >= 4 is 17.7 Å². The van der Waals surface area contributed by atoms with Crippen LogP contribution in [0.25, 0.3) is 0 Å². The molecule has 4 aliphatic carbocycles. The van der Waals surface area contributed by atoms with E-state index in [2.05, 4.69) is 0 Å². The molecule has 0 heterocycles. The first-order valence-electron chi connectivity index (χ1n) is 12.4. The molecule has 0 aliphatic heterocycles. The molecule has 10 heteroatoms. The summed E-state index contributed by atoms with van der Waals surface area (Å²) in [7, 11) is 0. The van der Waals surface area contributed by atoms with Gasteiger partial charge in [-0.1, -0.05) is 32.9 Å². The maximum Gasteiger partial charge on any atom is 0.323 e. The normalized spacial score (nSPS) is 44.1. The molecule has 2 fully saturated rings. The second kappa shape index (κ2) is 8.19. The van der Waals surface area contributed by atoms with Crippen LogP contribution in [0.15, 0.2) is 23.3 Å². The van der Waals surface area contributed by atoms with Gasteiger partial charge >= 0.3 is 11.9 Å². The molecule has 0 radical (unpaired) electrons. The molecular weight excluding hydrogens is 468 g/mol. The van der Waals surface area contributed by atoms with Crippen LogP contribution in [-0.2, 0) is 23.9 Å². The van der Waals surface area contributed by atoms with E-state index in [1.54, 1.807) is 26.0 Å². The number of nitrogens with two attached hydrogens (primary N) is 2. The molecule has 10 nitrogen and oxygen atoms in total. The van der Waals surface area contributed by atoms with Gasteiger partial charge in [-0.2, -0.15) is 0 Å². The van der Waals surface area contributed by atoms with Crippen molar-refractivity contribution in [3.8, 4) is 0 Å². The van der Waals surface area contributed by atoms with Crippen LogP contribution in [0.4, 0.5) is 0 Å². The lowest BCUT2D eigenvalue weighted by Crippen LogP contribution is -2.66. The first-order valence-corrected chi connectivity index (χ1v) is 12.4. The topological polar surface area (TPSA) is 182 Å². The molecular formula is C26H38N2O8. The van der Waals surface area contributed by atoms with Gasteiger partial charge in [-0.3, -0.25) is 14.4 Å². The van der Waals surface area contributed by atoms with E-state index in [1.165, 1.54) is 13.8 Å². The summed E-state index contributed by atoms with van der Waals surface area (Å²) >= 11 is 0. The number of fused-ring (bicyclic) bond motifs is 5. The van der Waals surface area contributed by atoms with Crippen molar-refractivity contribution in [3.63, 3.8) is 0 Å². The van der Waals surface area contributed by atoms with E-state index in [4.69, 9.17) is 20.9 Å². The van der Waals surface area contributed by atoms with E-state index in [0.29, 0.717) is 11.1 Å². The number of carbonyl (C=O) groups excluding carboxylic acids is 3. The van der Waals surface area contributed by atoms with Gasteiger partial charge in [0, 0.05) is 35.5 Å². The number of ketones is 1. The van der Waals surface area contributed by atoms with Gasteiger partial charge in [0.05, 0.1) is 12.2 Å². The molecule has 2 saturated carbocycles. The first kappa shape index (κ1) is 26.9. The van der Waals surface area contributed by atoms with Crippen molar-refractivity contribution in [1.82, 2.24) is 0 Å². The van der Waals surface area contributed by atoms with Crippen LogP contribution in [0.3, 0.4) is 0 Å². The number of ether oxygens (including phenoxy) is 2. The first-order chi connectivity index (χ1) is 16.5. The van der Waals surface area contributed by atoms with Crippen molar-refractivity contribution in [2.45, 2.75) is 83.0 Å². The second-order valence-corrected chi connectivity index (χ2v) is 11.8. The van der Waals surface area contributed by atoms with Crippen molar-refractivity contribution in [2.75, 3.05) is 6.61 Å². The van der Waals surface area contributed by atoms with Crippen LogP contribution in [0.5, 0.6) is 0 Å². The third-order valence-corrected chi connectivity index (χ3v) is 9.21. The van der Waals surface area contributed by atoms with Crippen molar-refractivity contribution in [2.24, 2.45) is 40.6 Å². The van der Waals surface area contributed by atoms with Crippen LogP contribution in [0, 0.1) is 29.1 Å². The van der Waals surface area contributed by atoms with Crippen LogP contribution in [0.1, 0.15) is 48.0 Å². The molecule has 36 heavy (non-hydrogen) atoms. The Hall–Kier alpha value is -2.11. The zero-order valence-corrected chi connectivity index (χ0v) is 21.6. The summed E-state index contributed by atoms with van der Waals surface area (Å²) in [6, 6.07) is -1.92. The van der Waals surface area contributed by atoms with Crippen LogP contribution in [-0.4, -0.2) is 74.6 Å². The van der Waals surface area contributed by atoms with Gasteiger partial charge in [0.15, 0.2) is 11.4 Å². The maximum absolute atomic E-state index is 13.1. The van der Waals surface area contributed by atoms with Gasteiger partial charge in [0.25, 0.3) is 0 Å². The lowest BCUT2D eigenvalue weighted by atomic mass is 9.59. The van der Waals surface area contributed by atoms with Gasteiger partial charge in [-0.05, 0) is 31.9 Å². The summed E-state index contributed by atoms with van der Waals surface area (Å²) in [4.78, 5) is 38.7. The number of Topliss-reactive ketones (excluding diaryl/α,β-unsaturated/α-hetero) is 1. The lowest BCUT2D eigenvalue weighted by Gasteiger charge is -2.53. The van der Waals surface area contributed by atoms with Crippen molar-refractivity contribution < 1.29 is 39.2 Å². The average Bonchev–Trinajstić information content (AvgIpc) is 3.22. The van der Waals surface area contributed by atoms with E-state index < -0.39 is 88.4 Å². The Bertz CT molecular complexity index is 1060. The predicted molar refractivity (Wildman–Crippen MR) is 128 cm³/mol. The van der Waals surface area contributed by atoms with Gasteiger partial charge in [-0.25, -0.2) is 0 Å². The van der Waals surface area contributed by atoms with Gasteiger partial charge in [0.2, 0.25) is 0 Å². The fourth-order valence-corrected chi connectivity index (χ4v) is 7.32. The van der Waals surface area contributed by atoms with Crippen LogP contribution >= 0.6 is 0 Å². The zero-order valence-electron chi connectivity index (χ0n) is 21.6. The Labute approximate surface area is 210 Å². The van der Waals surface area contributed by atoms with E-state index in [1.807, 2.05) is 13.8 Å². The Balaban J connectivity index is 1.95. The van der Waals surface area contributed by atoms with E-state index in [9.17, 15) is 29.7 Å². The standard InChI is InChI=1S/C26H38N2O8/c1-11-7-17-24(33,19(11)30)9-15(10-29)8-16-18-23(5,6)26(18,36-22(32)14(4)28)20(12(2)25(16,17)34)35-21(31)13(3)27/h7-8,12-14,16-18,20,29,33-34H,9-10,27-28H2,1-6H3/t12-,13+,14+,16+,17-,18+,20-,24-,25-,26-/m1/s1. The van der Waals surface area contributed by atoms with E-state index >= 15 is 0 Å². The molecule has 0 amide bonds. The highest BCUT2D eigenvalue weighted by atomic mass is 16.6. The Morgan fingerprint density at radius 1 is 1.14 bits per heavy atom. The largest absolute Gasteiger partial charge is 0.457 e. The number of hydrogen-bond acceptors (Lipinski definition) is 10. The van der Waals surface area contributed by atoms with Gasteiger partial charge in [-0.15, -0.1) is 0 Å². The average molecular weight is 507 g/mol.